The van der Waals surface area contributed by atoms with Gasteiger partial charge in [0.25, 0.3) is 0 Å². The van der Waals surface area contributed by atoms with E-state index in [1.165, 1.54) is 0 Å². The highest BCUT2D eigenvalue weighted by Crippen LogP contribution is 2.33. The highest BCUT2D eigenvalue weighted by molar-refractivity contribution is 6.09. The molecule has 0 amide bonds. The SMILES string of the molecule is CCCCNc1cc2c(Nc3ccccc3)c(C(=O)CC)cnc2cc1C. The molecule has 1 heterocycles. The Morgan fingerprint density at radius 2 is 1.89 bits per heavy atom. The van der Waals surface area contributed by atoms with Crippen LogP contribution < -0.4 is 10.6 Å². The molecule has 3 aromatic rings. The van der Waals surface area contributed by atoms with Crippen molar-refractivity contribution in [1.82, 2.24) is 4.98 Å². The minimum absolute atomic E-state index is 0.0869. The molecule has 0 atom stereocenters. The molecule has 0 aliphatic heterocycles. The van der Waals surface area contributed by atoms with Crippen LogP contribution in [0.4, 0.5) is 17.1 Å². The van der Waals surface area contributed by atoms with Crippen LogP contribution in [0.15, 0.2) is 48.7 Å². The zero-order valence-electron chi connectivity index (χ0n) is 16.3. The number of hydrogen-bond acceptors (Lipinski definition) is 4. The molecule has 3 rings (SSSR count). The summed E-state index contributed by atoms with van der Waals surface area (Å²) in [5, 5.41) is 7.94. The van der Waals surface area contributed by atoms with Crippen molar-refractivity contribution in [2.24, 2.45) is 0 Å². The number of benzene rings is 2. The average molecular weight is 361 g/mol. The van der Waals surface area contributed by atoms with Crippen molar-refractivity contribution in [2.45, 2.75) is 40.0 Å². The van der Waals surface area contributed by atoms with Gasteiger partial charge in [-0.3, -0.25) is 9.78 Å². The molecule has 1 aromatic heterocycles. The first kappa shape index (κ1) is 18.9. The first-order valence-electron chi connectivity index (χ1n) is 9.66. The Bertz CT molecular complexity index is 935. The van der Waals surface area contributed by atoms with Gasteiger partial charge in [0.1, 0.15) is 0 Å². The van der Waals surface area contributed by atoms with Crippen molar-refractivity contribution in [2.75, 3.05) is 17.2 Å². The van der Waals surface area contributed by atoms with Gasteiger partial charge in [0.15, 0.2) is 5.78 Å². The van der Waals surface area contributed by atoms with Crippen LogP contribution in [0.5, 0.6) is 0 Å². The minimum atomic E-state index is 0.0869. The van der Waals surface area contributed by atoms with E-state index in [-0.39, 0.29) is 5.78 Å². The Hall–Kier alpha value is -2.88. The number of unbranched alkanes of at least 4 members (excludes halogenated alkanes) is 1. The van der Waals surface area contributed by atoms with Gasteiger partial charge in [0.05, 0.1) is 16.8 Å². The maximum Gasteiger partial charge on any atom is 0.166 e. The van der Waals surface area contributed by atoms with E-state index in [2.05, 4.69) is 41.6 Å². The number of carbonyl (C=O) groups excluding carboxylic acids is 1. The Kier molecular flexibility index (Phi) is 6.07. The summed E-state index contributed by atoms with van der Waals surface area (Å²) in [4.78, 5) is 17.1. The second kappa shape index (κ2) is 8.67. The van der Waals surface area contributed by atoms with Gasteiger partial charge in [-0.1, -0.05) is 38.5 Å². The number of carbonyl (C=O) groups is 1. The topological polar surface area (TPSA) is 54.0 Å². The number of anilines is 3. The Balaban J connectivity index is 2.13. The van der Waals surface area contributed by atoms with Gasteiger partial charge in [-0.25, -0.2) is 0 Å². The summed E-state index contributed by atoms with van der Waals surface area (Å²) in [5.41, 5.74) is 5.56. The Labute approximate surface area is 161 Å². The molecule has 27 heavy (non-hydrogen) atoms. The standard InChI is InChI=1S/C23H27N3O/c1-4-6-12-24-20-14-18-21(13-16(20)3)25-15-19(22(27)5-2)23(18)26-17-10-8-7-9-11-17/h7-11,13-15,24H,4-6,12H2,1-3H3,(H,25,26). The number of aryl methyl sites for hydroxylation is 1. The van der Waals surface area contributed by atoms with E-state index in [0.29, 0.717) is 12.0 Å². The van der Waals surface area contributed by atoms with Crippen LogP contribution in [0.25, 0.3) is 10.9 Å². The highest BCUT2D eigenvalue weighted by atomic mass is 16.1. The third-order valence-electron chi connectivity index (χ3n) is 4.72. The molecule has 0 radical (unpaired) electrons. The Morgan fingerprint density at radius 3 is 2.59 bits per heavy atom. The maximum atomic E-state index is 12.5. The highest BCUT2D eigenvalue weighted by Gasteiger charge is 2.16. The molecule has 4 heteroatoms. The molecule has 0 aliphatic carbocycles. The van der Waals surface area contributed by atoms with Crippen molar-refractivity contribution in [3.8, 4) is 0 Å². The van der Waals surface area contributed by atoms with E-state index >= 15 is 0 Å². The molecule has 0 saturated carbocycles. The second-order valence-corrected chi connectivity index (χ2v) is 6.78. The number of rotatable bonds is 8. The van der Waals surface area contributed by atoms with Crippen LogP contribution in [0.3, 0.4) is 0 Å². The fourth-order valence-corrected chi connectivity index (χ4v) is 3.14. The number of nitrogens with zero attached hydrogens (tertiary/aromatic N) is 1. The van der Waals surface area contributed by atoms with Crippen LogP contribution in [-0.4, -0.2) is 17.3 Å². The van der Waals surface area contributed by atoms with E-state index in [9.17, 15) is 4.79 Å². The van der Waals surface area contributed by atoms with Crippen LogP contribution in [0.2, 0.25) is 0 Å². The first-order chi connectivity index (χ1) is 13.1. The molecule has 0 saturated heterocycles. The molecule has 0 aliphatic rings. The average Bonchev–Trinajstić information content (AvgIpc) is 2.69. The molecule has 0 fully saturated rings. The van der Waals surface area contributed by atoms with E-state index in [4.69, 9.17) is 0 Å². The number of aromatic nitrogens is 1. The molecule has 0 bridgehead atoms. The van der Waals surface area contributed by atoms with E-state index < -0.39 is 0 Å². The van der Waals surface area contributed by atoms with Gasteiger partial charge in [-0.05, 0) is 43.2 Å². The van der Waals surface area contributed by atoms with Gasteiger partial charge < -0.3 is 10.6 Å². The second-order valence-electron chi connectivity index (χ2n) is 6.78. The van der Waals surface area contributed by atoms with Crippen LogP contribution >= 0.6 is 0 Å². The summed E-state index contributed by atoms with van der Waals surface area (Å²) in [6.45, 7) is 7.09. The fraction of sp³-hybridized carbons (Fsp3) is 0.304. The molecule has 2 N–H and O–H groups in total. The summed E-state index contributed by atoms with van der Waals surface area (Å²) >= 11 is 0. The van der Waals surface area contributed by atoms with E-state index in [0.717, 1.165) is 52.9 Å². The van der Waals surface area contributed by atoms with Crippen molar-refractivity contribution < 1.29 is 4.79 Å². The lowest BCUT2D eigenvalue weighted by Crippen LogP contribution is -2.06. The molecular weight excluding hydrogens is 334 g/mol. The normalized spacial score (nSPS) is 10.8. The summed E-state index contributed by atoms with van der Waals surface area (Å²) in [5.74, 6) is 0.0869. The zero-order chi connectivity index (χ0) is 19.2. The number of pyridine rings is 1. The number of ketones is 1. The fourth-order valence-electron chi connectivity index (χ4n) is 3.14. The summed E-state index contributed by atoms with van der Waals surface area (Å²) in [6, 6.07) is 14.1. The van der Waals surface area contributed by atoms with Gasteiger partial charge in [0, 0.05) is 35.9 Å². The summed E-state index contributed by atoms with van der Waals surface area (Å²) in [7, 11) is 0. The molecule has 4 nitrogen and oxygen atoms in total. The Morgan fingerprint density at radius 1 is 1.11 bits per heavy atom. The van der Waals surface area contributed by atoms with Gasteiger partial charge >= 0.3 is 0 Å². The van der Waals surface area contributed by atoms with Gasteiger partial charge in [0.2, 0.25) is 0 Å². The molecule has 2 aromatic carbocycles. The lowest BCUT2D eigenvalue weighted by Gasteiger charge is -2.16. The minimum Gasteiger partial charge on any atom is -0.385 e. The third kappa shape index (κ3) is 4.27. The molecule has 140 valence electrons. The zero-order valence-corrected chi connectivity index (χ0v) is 16.3. The van der Waals surface area contributed by atoms with Crippen molar-refractivity contribution in [3.63, 3.8) is 0 Å². The lowest BCUT2D eigenvalue weighted by atomic mass is 10.0. The number of hydrogen-bond donors (Lipinski definition) is 2. The number of para-hydroxylation sites is 1. The summed E-state index contributed by atoms with van der Waals surface area (Å²) < 4.78 is 0. The van der Waals surface area contributed by atoms with Crippen molar-refractivity contribution in [3.05, 3.63) is 59.8 Å². The monoisotopic (exact) mass is 361 g/mol. The molecule has 0 spiro atoms. The number of fused-ring (bicyclic) bond motifs is 1. The van der Waals surface area contributed by atoms with Crippen LogP contribution in [0.1, 0.15) is 49.0 Å². The summed E-state index contributed by atoms with van der Waals surface area (Å²) in [6.07, 6.45) is 4.42. The third-order valence-corrected chi connectivity index (χ3v) is 4.72. The van der Waals surface area contributed by atoms with Crippen LogP contribution in [-0.2, 0) is 0 Å². The van der Waals surface area contributed by atoms with Gasteiger partial charge in [-0.2, -0.15) is 0 Å². The van der Waals surface area contributed by atoms with Crippen LogP contribution in [0, 0.1) is 6.92 Å². The number of nitrogens with one attached hydrogen (secondary N) is 2. The quantitative estimate of drug-likeness (QED) is 0.376. The van der Waals surface area contributed by atoms with E-state index in [1.807, 2.05) is 37.3 Å². The smallest absolute Gasteiger partial charge is 0.166 e. The largest absolute Gasteiger partial charge is 0.385 e. The lowest BCUT2D eigenvalue weighted by molar-refractivity contribution is 0.0989. The predicted molar refractivity (Wildman–Crippen MR) is 114 cm³/mol. The molecular formula is C23H27N3O. The predicted octanol–water partition coefficient (Wildman–Crippen LogP) is 6.09. The molecule has 0 unspecified atom stereocenters. The van der Waals surface area contributed by atoms with E-state index in [1.54, 1.807) is 6.20 Å². The first-order valence-corrected chi connectivity index (χ1v) is 9.66. The number of Topliss-reactive ketones (excluding diaryl/α,β-unsaturated/α-hetero) is 1. The van der Waals surface area contributed by atoms with Gasteiger partial charge in [-0.15, -0.1) is 0 Å². The van der Waals surface area contributed by atoms with Crippen molar-refractivity contribution >= 4 is 33.7 Å². The maximum absolute atomic E-state index is 12.5. The van der Waals surface area contributed by atoms with Crippen molar-refractivity contribution in [1.29, 1.82) is 0 Å².